The van der Waals surface area contributed by atoms with Gasteiger partial charge in [-0.15, -0.1) is 11.3 Å². The molecule has 1 fully saturated rings. The fraction of sp³-hybridized carbons (Fsp3) is 0.312. The van der Waals surface area contributed by atoms with Gasteiger partial charge < -0.3 is 5.32 Å². The number of para-hydroxylation sites is 2. The summed E-state index contributed by atoms with van der Waals surface area (Å²) in [6, 6.07) is 10.6. The Bertz CT molecular complexity index is 702. The molecular weight excluding hydrogens is 314 g/mol. The van der Waals surface area contributed by atoms with Crippen molar-refractivity contribution in [1.29, 1.82) is 0 Å². The molecule has 1 saturated heterocycles. The van der Waals surface area contributed by atoms with Crippen molar-refractivity contribution in [3.05, 3.63) is 56.8 Å². The van der Waals surface area contributed by atoms with Crippen LogP contribution in [0.4, 0.5) is 11.4 Å². The van der Waals surface area contributed by atoms with E-state index < -0.39 is 4.92 Å². The number of nitro benzene ring substituents is 1. The minimum absolute atomic E-state index is 0.0860. The predicted octanol–water partition coefficient (Wildman–Crippen LogP) is 3.43. The number of thiophene rings is 1. The van der Waals surface area contributed by atoms with Crippen molar-refractivity contribution in [2.24, 2.45) is 0 Å². The molecule has 120 valence electrons. The summed E-state index contributed by atoms with van der Waals surface area (Å²) in [5.74, 6) is -0.220. The molecule has 23 heavy (non-hydrogen) atoms. The topological polar surface area (TPSA) is 75.5 Å². The molecule has 1 N–H and O–H groups in total. The smallest absolute Gasteiger partial charge is 0.292 e. The van der Waals surface area contributed by atoms with Gasteiger partial charge in [-0.2, -0.15) is 0 Å². The summed E-state index contributed by atoms with van der Waals surface area (Å²) in [6.45, 7) is 1.11. The van der Waals surface area contributed by atoms with E-state index in [1.54, 1.807) is 29.5 Å². The second-order valence-corrected chi connectivity index (χ2v) is 6.45. The zero-order valence-corrected chi connectivity index (χ0v) is 13.3. The van der Waals surface area contributed by atoms with Gasteiger partial charge in [0, 0.05) is 17.0 Å². The number of amides is 1. The van der Waals surface area contributed by atoms with E-state index >= 15 is 0 Å². The van der Waals surface area contributed by atoms with Gasteiger partial charge in [0.15, 0.2) is 0 Å². The molecule has 0 saturated carbocycles. The van der Waals surface area contributed by atoms with E-state index in [0.717, 1.165) is 19.4 Å². The van der Waals surface area contributed by atoms with Crippen molar-refractivity contribution >= 4 is 28.6 Å². The van der Waals surface area contributed by atoms with Crippen molar-refractivity contribution < 1.29 is 9.72 Å². The fourth-order valence-corrected chi connectivity index (χ4v) is 3.83. The molecule has 2 aromatic rings. The average Bonchev–Trinajstić information content (AvgIpc) is 3.18. The van der Waals surface area contributed by atoms with Gasteiger partial charge in [-0.25, -0.2) is 0 Å². The van der Waals surface area contributed by atoms with E-state index in [1.165, 1.54) is 10.9 Å². The average molecular weight is 331 g/mol. The minimum Gasteiger partial charge on any atom is -0.319 e. The summed E-state index contributed by atoms with van der Waals surface area (Å²) in [6.07, 6.45) is 2.10. The van der Waals surface area contributed by atoms with Crippen LogP contribution in [0.15, 0.2) is 41.8 Å². The Kier molecular flexibility index (Phi) is 4.68. The highest BCUT2D eigenvalue weighted by atomic mass is 32.1. The van der Waals surface area contributed by atoms with Crippen LogP contribution in [-0.4, -0.2) is 28.8 Å². The van der Waals surface area contributed by atoms with Crippen molar-refractivity contribution in [3.8, 4) is 0 Å². The summed E-state index contributed by atoms with van der Waals surface area (Å²) in [5, 5.41) is 15.7. The molecule has 3 rings (SSSR count). The Hall–Kier alpha value is -2.25. The van der Waals surface area contributed by atoms with Crippen molar-refractivity contribution in [2.75, 3.05) is 18.4 Å². The molecule has 2 heterocycles. The van der Waals surface area contributed by atoms with Crippen LogP contribution >= 0.6 is 11.3 Å². The standard InChI is InChI=1S/C16H17N3O3S/c20-16(17-12-5-1-2-6-13(12)19(21)22)11-18-9-3-7-14(18)15-8-4-10-23-15/h1-2,4-6,8,10,14H,3,7,9,11H2,(H,17,20)/t14-/m0/s1. The Morgan fingerprint density at radius 3 is 2.91 bits per heavy atom. The second kappa shape index (κ2) is 6.89. The van der Waals surface area contributed by atoms with Crippen LogP contribution < -0.4 is 5.32 Å². The maximum atomic E-state index is 12.3. The van der Waals surface area contributed by atoms with Gasteiger partial charge in [-0.3, -0.25) is 19.8 Å². The molecule has 1 aromatic carbocycles. The summed E-state index contributed by atoms with van der Waals surface area (Å²) in [5.41, 5.74) is 0.159. The Morgan fingerprint density at radius 2 is 2.17 bits per heavy atom. The maximum Gasteiger partial charge on any atom is 0.292 e. The number of nitrogens with zero attached hydrogens (tertiary/aromatic N) is 2. The van der Waals surface area contributed by atoms with Gasteiger partial charge in [0.05, 0.1) is 11.5 Å². The third kappa shape index (κ3) is 3.57. The maximum absolute atomic E-state index is 12.3. The Labute approximate surface area is 137 Å². The largest absolute Gasteiger partial charge is 0.319 e. The van der Waals surface area contributed by atoms with E-state index in [2.05, 4.69) is 16.3 Å². The van der Waals surface area contributed by atoms with Crippen molar-refractivity contribution in [3.63, 3.8) is 0 Å². The molecule has 1 aromatic heterocycles. The monoisotopic (exact) mass is 331 g/mol. The van der Waals surface area contributed by atoms with E-state index in [1.807, 2.05) is 11.4 Å². The number of nitro groups is 1. The SMILES string of the molecule is O=C(CN1CCC[C@H]1c1cccs1)Nc1ccccc1[N+](=O)[O-]. The van der Waals surface area contributed by atoms with Crippen LogP contribution in [0.5, 0.6) is 0 Å². The number of likely N-dealkylation sites (tertiary alicyclic amines) is 1. The van der Waals surface area contributed by atoms with E-state index in [-0.39, 0.29) is 29.9 Å². The van der Waals surface area contributed by atoms with Crippen molar-refractivity contribution in [2.45, 2.75) is 18.9 Å². The number of carbonyl (C=O) groups excluding carboxylic acids is 1. The van der Waals surface area contributed by atoms with Crippen LogP contribution in [0.1, 0.15) is 23.8 Å². The molecule has 0 bridgehead atoms. The highest BCUT2D eigenvalue weighted by molar-refractivity contribution is 7.10. The first-order chi connectivity index (χ1) is 11.1. The Balaban J connectivity index is 1.67. The molecular formula is C16H17N3O3S. The molecule has 6 nitrogen and oxygen atoms in total. The number of anilines is 1. The first-order valence-corrected chi connectivity index (χ1v) is 8.34. The second-order valence-electron chi connectivity index (χ2n) is 5.47. The van der Waals surface area contributed by atoms with Crippen LogP contribution in [-0.2, 0) is 4.79 Å². The molecule has 0 aliphatic carbocycles. The third-order valence-corrected chi connectivity index (χ3v) is 4.93. The molecule has 1 aliphatic rings. The zero-order chi connectivity index (χ0) is 16.2. The van der Waals surface area contributed by atoms with Gasteiger partial charge in [0.2, 0.25) is 5.91 Å². The van der Waals surface area contributed by atoms with Crippen LogP contribution in [0.2, 0.25) is 0 Å². The number of carbonyl (C=O) groups is 1. The summed E-state index contributed by atoms with van der Waals surface area (Å²) in [7, 11) is 0. The van der Waals surface area contributed by atoms with Gasteiger partial charge >= 0.3 is 0 Å². The lowest BCUT2D eigenvalue weighted by Crippen LogP contribution is -2.32. The number of hydrogen-bond acceptors (Lipinski definition) is 5. The summed E-state index contributed by atoms with van der Waals surface area (Å²) in [4.78, 5) is 26.2. The molecule has 1 atom stereocenters. The first-order valence-electron chi connectivity index (χ1n) is 7.46. The quantitative estimate of drug-likeness (QED) is 0.673. The van der Waals surface area contributed by atoms with E-state index in [0.29, 0.717) is 0 Å². The predicted molar refractivity (Wildman–Crippen MR) is 89.6 cm³/mol. The minimum atomic E-state index is -0.486. The van der Waals surface area contributed by atoms with Gasteiger partial charge in [0.1, 0.15) is 5.69 Å². The number of hydrogen-bond donors (Lipinski definition) is 1. The van der Waals surface area contributed by atoms with Gasteiger partial charge in [0.25, 0.3) is 5.69 Å². The normalized spacial score (nSPS) is 18.0. The van der Waals surface area contributed by atoms with E-state index in [9.17, 15) is 14.9 Å². The number of rotatable bonds is 5. The zero-order valence-electron chi connectivity index (χ0n) is 12.5. The Morgan fingerprint density at radius 1 is 1.35 bits per heavy atom. The van der Waals surface area contributed by atoms with Crippen LogP contribution in [0.3, 0.4) is 0 Å². The summed E-state index contributed by atoms with van der Waals surface area (Å²) < 4.78 is 0. The van der Waals surface area contributed by atoms with Crippen molar-refractivity contribution in [1.82, 2.24) is 4.90 Å². The number of nitrogens with one attached hydrogen (secondary N) is 1. The van der Waals surface area contributed by atoms with Crippen LogP contribution in [0.25, 0.3) is 0 Å². The van der Waals surface area contributed by atoms with Gasteiger partial charge in [-0.1, -0.05) is 18.2 Å². The molecule has 1 amide bonds. The lowest BCUT2D eigenvalue weighted by molar-refractivity contribution is -0.383. The highest BCUT2D eigenvalue weighted by Gasteiger charge is 2.28. The fourth-order valence-electron chi connectivity index (χ4n) is 2.93. The molecule has 0 radical (unpaired) electrons. The van der Waals surface area contributed by atoms with E-state index in [4.69, 9.17) is 0 Å². The van der Waals surface area contributed by atoms with Gasteiger partial charge in [-0.05, 0) is 36.9 Å². The lowest BCUT2D eigenvalue weighted by Gasteiger charge is -2.22. The molecule has 7 heteroatoms. The molecule has 0 unspecified atom stereocenters. The first kappa shape index (κ1) is 15.6. The lowest BCUT2D eigenvalue weighted by atomic mass is 10.2. The summed E-state index contributed by atoms with van der Waals surface area (Å²) >= 11 is 1.70. The third-order valence-electron chi connectivity index (χ3n) is 3.96. The molecule has 1 aliphatic heterocycles. The highest BCUT2D eigenvalue weighted by Crippen LogP contribution is 2.34. The van der Waals surface area contributed by atoms with Crippen LogP contribution in [0, 0.1) is 10.1 Å². The number of benzene rings is 1. The molecule has 0 spiro atoms.